The van der Waals surface area contributed by atoms with Gasteiger partial charge in [0.15, 0.2) is 0 Å². The Bertz CT molecular complexity index is 302. The first-order chi connectivity index (χ1) is 8.44. The van der Waals surface area contributed by atoms with Crippen molar-refractivity contribution < 1.29 is 9.53 Å². The highest BCUT2D eigenvalue weighted by Gasteiger charge is 2.30. The summed E-state index contributed by atoms with van der Waals surface area (Å²) in [7, 11) is 0. The SMILES string of the molecule is CC(C)(C(=O)NCCCN1CCOCC1)C(N)=S. The lowest BCUT2D eigenvalue weighted by atomic mass is 9.92. The number of ether oxygens (including phenoxy) is 1. The lowest BCUT2D eigenvalue weighted by molar-refractivity contribution is -0.126. The van der Waals surface area contributed by atoms with Crippen LogP contribution in [0, 0.1) is 5.41 Å². The average molecular weight is 273 g/mol. The fourth-order valence-electron chi connectivity index (χ4n) is 1.66. The van der Waals surface area contributed by atoms with Crippen molar-refractivity contribution in [2.45, 2.75) is 20.3 Å². The zero-order valence-electron chi connectivity index (χ0n) is 11.2. The second-order valence-electron chi connectivity index (χ2n) is 5.05. The van der Waals surface area contributed by atoms with E-state index in [1.165, 1.54) is 0 Å². The van der Waals surface area contributed by atoms with E-state index in [1.54, 1.807) is 13.8 Å². The number of rotatable bonds is 6. The predicted octanol–water partition coefficient (Wildman–Crippen LogP) is 0.137. The molecule has 0 radical (unpaired) electrons. The van der Waals surface area contributed by atoms with Gasteiger partial charge in [-0.25, -0.2) is 0 Å². The van der Waals surface area contributed by atoms with Crippen LogP contribution in [0.2, 0.25) is 0 Å². The molecule has 1 heterocycles. The molecule has 0 saturated carbocycles. The first-order valence-electron chi connectivity index (χ1n) is 6.33. The molecule has 1 fully saturated rings. The molecule has 1 amide bonds. The highest BCUT2D eigenvalue weighted by Crippen LogP contribution is 2.15. The molecule has 0 atom stereocenters. The highest BCUT2D eigenvalue weighted by atomic mass is 32.1. The van der Waals surface area contributed by atoms with Crippen LogP contribution in [-0.4, -0.2) is 55.2 Å². The van der Waals surface area contributed by atoms with E-state index >= 15 is 0 Å². The number of carbonyl (C=O) groups is 1. The van der Waals surface area contributed by atoms with Gasteiger partial charge in [-0.1, -0.05) is 12.2 Å². The Labute approximate surface area is 114 Å². The van der Waals surface area contributed by atoms with Crippen LogP contribution >= 0.6 is 12.2 Å². The van der Waals surface area contributed by atoms with Gasteiger partial charge in [-0.05, 0) is 26.8 Å². The Morgan fingerprint density at radius 3 is 2.61 bits per heavy atom. The van der Waals surface area contributed by atoms with E-state index in [2.05, 4.69) is 10.2 Å². The molecule has 0 spiro atoms. The van der Waals surface area contributed by atoms with Crippen molar-refractivity contribution in [2.24, 2.45) is 11.1 Å². The Morgan fingerprint density at radius 1 is 1.44 bits per heavy atom. The van der Waals surface area contributed by atoms with Crippen LogP contribution in [0.1, 0.15) is 20.3 Å². The minimum atomic E-state index is -0.770. The van der Waals surface area contributed by atoms with Gasteiger partial charge in [0, 0.05) is 19.6 Å². The molecule has 104 valence electrons. The Hall–Kier alpha value is -0.720. The van der Waals surface area contributed by atoms with Crippen LogP contribution in [0.4, 0.5) is 0 Å². The minimum Gasteiger partial charge on any atom is -0.392 e. The quantitative estimate of drug-likeness (QED) is 0.532. The number of morpholine rings is 1. The van der Waals surface area contributed by atoms with Crippen molar-refractivity contribution >= 4 is 23.1 Å². The lowest BCUT2D eigenvalue weighted by Crippen LogP contribution is -2.45. The molecule has 1 saturated heterocycles. The van der Waals surface area contributed by atoms with Gasteiger partial charge in [0.05, 0.1) is 23.6 Å². The second kappa shape index (κ2) is 7.01. The van der Waals surface area contributed by atoms with E-state index in [0.717, 1.165) is 39.3 Å². The van der Waals surface area contributed by atoms with Gasteiger partial charge in [-0.2, -0.15) is 0 Å². The summed E-state index contributed by atoms with van der Waals surface area (Å²) in [4.78, 5) is 14.4. The minimum absolute atomic E-state index is 0.100. The molecule has 0 bridgehead atoms. The Morgan fingerprint density at radius 2 is 2.06 bits per heavy atom. The van der Waals surface area contributed by atoms with Crippen LogP contribution in [0.3, 0.4) is 0 Å². The first kappa shape index (κ1) is 15.3. The Kier molecular flexibility index (Phi) is 5.98. The summed E-state index contributed by atoms with van der Waals surface area (Å²) in [6.45, 7) is 8.69. The zero-order valence-corrected chi connectivity index (χ0v) is 12.0. The number of nitrogens with two attached hydrogens (primary N) is 1. The van der Waals surface area contributed by atoms with Gasteiger partial charge in [-0.3, -0.25) is 9.69 Å². The third-order valence-corrected chi connectivity index (χ3v) is 3.73. The van der Waals surface area contributed by atoms with E-state index in [4.69, 9.17) is 22.7 Å². The summed E-state index contributed by atoms with van der Waals surface area (Å²) in [6.07, 6.45) is 0.930. The molecule has 3 N–H and O–H groups in total. The number of carbonyl (C=O) groups excluding carboxylic acids is 1. The highest BCUT2D eigenvalue weighted by molar-refractivity contribution is 7.80. The molecule has 1 aliphatic rings. The van der Waals surface area contributed by atoms with E-state index in [9.17, 15) is 4.79 Å². The summed E-state index contributed by atoms with van der Waals surface area (Å²) >= 11 is 4.88. The van der Waals surface area contributed by atoms with Crippen molar-refractivity contribution in [3.8, 4) is 0 Å². The number of hydrogen-bond acceptors (Lipinski definition) is 4. The molecule has 5 nitrogen and oxygen atoms in total. The Balaban J connectivity index is 2.17. The number of hydrogen-bond donors (Lipinski definition) is 2. The van der Waals surface area contributed by atoms with Gasteiger partial charge in [0.25, 0.3) is 0 Å². The maximum Gasteiger partial charge on any atom is 0.232 e. The second-order valence-corrected chi connectivity index (χ2v) is 5.49. The van der Waals surface area contributed by atoms with Crippen LogP contribution in [0.15, 0.2) is 0 Å². The van der Waals surface area contributed by atoms with Gasteiger partial charge < -0.3 is 15.8 Å². The number of nitrogens with one attached hydrogen (secondary N) is 1. The third-order valence-electron chi connectivity index (χ3n) is 3.22. The molecule has 1 aliphatic heterocycles. The summed E-state index contributed by atoms with van der Waals surface area (Å²) in [6, 6.07) is 0. The summed E-state index contributed by atoms with van der Waals surface area (Å²) in [5.74, 6) is -0.100. The van der Waals surface area contributed by atoms with Gasteiger partial charge in [0.1, 0.15) is 0 Å². The molecule has 6 heteroatoms. The zero-order chi connectivity index (χ0) is 13.6. The monoisotopic (exact) mass is 273 g/mol. The first-order valence-corrected chi connectivity index (χ1v) is 6.73. The van der Waals surface area contributed by atoms with Crippen LogP contribution in [0.25, 0.3) is 0 Å². The van der Waals surface area contributed by atoms with Gasteiger partial charge >= 0.3 is 0 Å². The van der Waals surface area contributed by atoms with Gasteiger partial charge in [0.2, 0.25) is 5.91 Å². The molecule has 0 aromatic carbocycles. The topological polar surface area (TPSA) is 67.6 Å². The number of amides is 1. The van der Waals surface area contributed by atoms with E-state index in [-0.39, 0.29) is 10.9 Å². The van der Waals surface area contributed by atoms with Crippen LogP contribution in [-0.2, 0) is 9.53 Å². The predicted molar refractivity (Wildman–Crippen MR) is 75.5 cm³/mol. The lowest BCUT2D eigenvalue weighted by Gasteiger charge is -2.27. The molecule has 0 aliphatic carbocycles. The number of thiocarbonyl (C=S) groups is 1. The smallest absolute Gasteiger partial charge is 0.232 e. The fourth-order valence-corrected chi connectivity index (χ4v) is 1.75. The third kappa shape index (κ3) is 4.51. The molecule has 18 heavy (non-hydrogen) atoms. The molecule has 0 unspecified atom stereocenters. The maximum atomic E-state index is 11.8. The average Bonchev–Trinajstić information content (AvgIpc) is 2.35. The summed E-state index contributed by atoms with van der Waals surface area (Å²) in [5.41, 5.74) is 4.77. The maximum absolute atomic E-state index is 11.8. The summed E-state index contributed by atoms with van der Waals surface area (Å²) < 4.78 is 5.28. The summed E-state index contributed by atoms with van der Waals surface area (Å²) in [5, 5.41) is 2.88. The number of nitrogens with zero attached hydrogens (tertiary/aromatic N) is 1. The van der Waals surface area contributed by atoms with Crippen molar-refractivity contribution in [3.05, 3.63) is 0 Å². The van der Waals surface area contributed by atoms with Crippen molar-refractivity contribution in [1.82, 2.24) is 10.2 Å². The van der Waals surface area contributed by atoms with Crippen molar-refractivity contribution in [1.29, 1.82) is 0 Å². The molecular weight excluding hydrogens is 250 g/mol. The van der Waals surface area contributed by atoms with Crippen molar-refractivity contribution in [2.75, 3.05) is 39.4 Å². The largest absolute Gasteiger partial charge is 0.392 e. The molecule has 1 rings (SSSR count). The molecular formula is C12H23N3O2S. The standard InChI is InChI=1S/C12H23N3O2S/c1-12(2,10(13)18)11(16)14-4-3-5-15-6-8-17-9-7-15/h3-9H2,1-2H3,(H2,13,18)(H,14,16). The fraction of sp³-hybridized carbons (Fsp3) is 0.833. The van der Waals surface area contributed by atoms with Crippen LogP contribution < -0.4 is 11.1 Å². The van der Waals surface area contributed by atoms with E-state index in [0.29, 0.717) is 6.54 Å². The molecule has 0 aromatic heterocycles. The van der Waals surface area contributed by atoms with Crippen LogP contribution in [0.5, 0.6) is 0 Å². The molecule has 0 aromatic rings. The normalized spacial score (nSPS) is 17.4. The van der Waals surface area contributed by atoms with Crippen molar-refractivity contribution in [3.63, 3.8) is 0 Å². The van der Waals surface area contributed by atoms with Gasteiger partial charge in [-0.15, -0.1) is 0 Å². The van der Waals surface area contributed by atoms with E-state index < -0.39 is 5.41 Å². The van der Waals surface area contributed by atoms with E-state index in [1.807, 2.05) is 0 Å².